The van der Waals surface area contributed by atoms with Crippen LogP contribution in [0.25, 0.3) is 0 Å². The van der Waals surface area contributed by atoms with Gasteiger partial charge in [-0.05, 0) is 28.9 Å². The van der Waals surface area contributed by atoms with Crippen LogP contribution >= 0.6 is 15.9 Å². The van der Waals surface area contributed by atoms with Gasteiger partial charge < -0.3 is 10.0 Å². The second-order valence-corrected chi connectivity index (χ2v) is 5.14. The lowest BCUT2D eigenvalue weighted by molar-refractivity contribution is -0.384. The number of carboxylic acids is 1. The van der Waals surface area contributed by atoms with Crippen LogP contribution in [0.1, 0.15) is 13.8 Å². The number of nitrogens with zero attached hydrogens (tertiary/aromatic N) is 2. The van der Waals surface area contributed by atoms with Crippen molar-refractivity contribution in [1.82, 2.24) is 0 Å². The first-order valence-corrected chi connectivity index (χ1v) is 6.68. The van der Waals surface area contributed by atoms with Crippen molar-refractivity contribution < 1.29 is 19.2 Å². The summed E-state index contributed by atoms with van der Waals surface area (Å²) in [6.07, 6.45) is 0. The topological polar surface area (TPSA) is 83.7 Å². The van der Waals surface area contributed by atoms with E-state index in [1.165, 1.54) is 13.0 Å². The predicted octanol–water partition coefficient (Wildman–Crippen LogP) is 3.04. The van der Waals surface area contributed by atoms with E-state index in [4.69, 9.17) is 5.11 Å². The molecule has 1 unspecified atom stereocenters. The molecule has 0 bridgehead atoms. The molecule has 0 amide bonds. The van der Waals surface area contributed by atoms with Gasteiger partial charge in [0.2, 0.25) is 0 Å². The Morgan fingerprint density at radius 1 is 1.60 bits per heavy atom. The van der Waals surface area contributed by atoms with E-state index < -0.39 is 22.6 Å². The van der Waals surface area contributed by atoms with E-state index in [-0.39, 0.29) is 22.4 Å². The Morgan fingerprint density at radius 3 is 2.65 bits per heavy atom. The summed E-state index contributed by atoms with van der Waals surface area (Å²) >= 11 is 2.98. The Bertz CT molecular complexity index is 538. The molecule has 1 atom stereocenters. The maximum absolute atomic E-state index is 13.4. The van der Waals surface area contributed by atoms with Gasteiger partial charge in [-0.15, -0.1) is 0 Å². The van der Waals surface area contributed by atoms with Crippen LogP contribution in [0.15, 0.2) is 16.6 Å². The zero-order chi connectivity index (χ0) is 15.4. The molecule has 1 aromatic rings. The first-order chi connectivity index (χ1) is 9.27. The summed E-state index contributed by atoms with van der Waals surface area (Å²) in [4.78, 5) is 22.8. The van der Waals surface area contributed by atoms with Gasteiger partial charge in [0.05, 0.1) is 21.4 Å². The van der Waals surface area contributed by atoms with Gasteiger partial charge >= 0.3 is 5.97 Å². The lowest BCUT2D eigenvalue weighted by Gasteiger charge is -2.25. The largest absolute Gasteiger partial charge is 0.481 e. The SMILES string of the molecule is CCN(CC(C)C(=O)O)c1cc(Br)c(F)cc1[N+](=O)[O-]. The van der Waals surface area contributed by atoms with E-state index >= 15 is 0 Å². The van der Waals surface area contributed by atoms with Gasteiger partial charge in [0.25, 0.3) is 5.69 Å². The molecule has 0 aliphatic rings. The van der Waals surface area contributed by atoms with Crippen LogP contribution in [0.3, 0.4) is 0 Å². The third kappa shape index (κ3) is 3.66. The van der Waals surface area contributed by atoms with E-state index in [1.807, 2.05) is 0 Å². The number of anilines is 1. The fraction of sp³-hybridized carbons (Fsp3) is 0.417. The standard InChI is InChI=1S/C12H14BrFN2O4/c1-3-15(6-7(2)12(17)18)10-4-8(13)9(14)5-11(10)16(19)20/h4-5,7H,3,6H2,1-2H3,(H,17,18). The molecule has 0 saturated carbocycles. The van der Waals surface area contributed by atoms with Crippen molar-refractivity contribution in [3.63, 3.8) is 0 Å². The Hall–Kier alpha value is -1.70. The van der Waals surface area contributed by atoms with Crippen molar-refractivity contribution in [2.24, 2.45) is 5.92 Å². The van der Waals surface area contributed by atoms with E-state index in [2.05, 4.69) is 15.9 Å². The van der Waals surface area contributed by atoms with Crippen molar-refractivity contribution in [3.05, 3.63) is 32.5 Å². The number of halogens is 2. The number of nitro groups is 1. The first-order valence-electron chi connectivity index (χ1n) is 5.89. The van der Waals surface area contributed by atoms with Crippen LogP contribution in [0.4, 0.5) is 15.8 Å². The normalized spacial score (nSPS) is 12.0. The summed E-state index contributed by atoms with van der Waals surface area (Å²) in [7, 11) is 0. The molecule has 0 spiro atoms. The molecule has 6 nitrogen and oxygen atoms in total. The van der Waals surface area contributed by atoms with Gasteiger partial charge in [-0.3, -0.25) is 14.9 Å². The second-order valence-electron chi connectivity index (χ2n) is 4.29. The van der Waals surface area contributed by atoms with Crippen molar-refractivity contribution >= 4 is 33.3 Å². The fourth-order valence-corrected chi connectivity index (χ4v) is 2.06. The third-order valence-electron chi connectivity index (χ3n) is 2.85. The molecule has 0 heterocycles. The van der Waals surface area contributed by atoms with Crippen LogP contribution in [-0.2, 0) is 4.79 Å². The van der Waals surface area contributed by atoms with Gasteiger partial charge in [-0.1, -0.05) is 6.92 Å². The highest BCUT2D eigenvalue weighted by molar-refractivity contribution is 9.10. The molecule has 110 valence electrons. The summed E-state index contributed by atoms with van der Waals surface area (Å²) < 4.78 is 13.5. The van der Waals surface area contributed by atoms with Gasteiger partial charge in [0, 0.05) is 13.1 Å². The third-order valence-corrected chi connectivity index (χ3v) is 3.46. The van der Waals surface area contributed by atoms with E-state index in [1.54, 1.807) is 11.8 Å². The van der Waals surface area contributed by atoms with Crippen LogP contribution in [0.5, 0.6) is 0 Å². The molecule has 0 fully saturated rings. The Balaban J connectivity index is 3.23. The summed E-state index contributed by atoms with van der Waals surface area (Å²) in [5.74, 6) is -2.42. The zero-order valence-electron chi connectivity index (χ0n) is 11.0. The average Bonchev–Trinajstić information content (AvgIpc) is 2.38. The molecular weight excluding hydrogens is 335 g/mol. The highest BCUT2D eigenvalue weighted by Gasteiger charge is 2.24. The van der Waals surface area contributed by atoms with Gasteiger partial charge in [0.15, 0.2) is 0 Å². The number of hydrogen-bond donors (Lipinski definition) is 1. The van der Waals surface area contributed by atoms with Crippen molar-refractivity contribution in [2.45, 2.75) is 13.8 Å². The number of benzene rings is 1. The summed E-state index contributed by atoms with van der Waals surface area (Å²) in [6, 6.07) is 2.12. The lowest BCUT2D eigenvalue weighted by atomic mass is 10.1. The Morgan fingerprint density at radius 2 is 2.20 bits per heavy atom. The molecular formula is C12H14BrFN2O4. The first kappa shape index (κ1) is 16.4. The Kier molecular flexibility index (Phi) is 5.43. The van der Waals surface area contributed by atoms with E-state index in [9.17, 15) is 19.3 Å². The molecule has 0 aliphatic heterocycles. The summed E-state index contributed by atoms with van der Waals surface area (Å²) in [5.41, 5.74) is -0.191. The predicted molar refractivity (Wildman–Crippen MR) is 75.4 cm³/mol. The van der Waals surface area contributed by atoms with Crippen LogP contribution in [-0.4, -0.2) is 29.1 Å². The summed E-state index contributed by atoms with van der Waals surface area (Å²) in [5, 5.41) is 19.9. The average molecular weight is 349 g/mol. The highest BCUT2D eigenvalue weighted by atomic mass is 79.9. The quantitative estimate of drug-likeness (QED) is 0.630. The monoisotopic (exact) mass is 348 g/mol. The van der Waals surface area contributed by atoms with E-state index in [0.717, 1.165) is 6.07 Å². The molecule has 1 N–H and O–H groups in total. The molecule has 1 rings (SSSR count). The minimum Gasteiger partial charge on any atom is -0.481 e. The minimum absolute atomic E-state index is 0.0968. The van der Waals surface area contributed by atoms with E-state index in [0.29, 0.717) is 6.54 Å². The molecule has 0 saturated heterocycles. The van der Waals surface area contributed by atoms with Gasteiger partial charge in [-0.25, -0.2) is 4.39 Å². The fourth-order valence-electron chi connectivity index (χ4n) is 1.73. The van der Waals surface area contributed by atoms with Crippen molar-refractivity contribution in [2.75, 3.05) is 18.0 Å². The zero-order valence-corrected chi connectivity index (χ0v) is 12.6. The highest BCUT2D eigenvalue weighted by Crippen LogP contribution is 2.33. The van der Waals surface area contributed by atoms with Crippen molar-refractivity contribution in [1.29, 1.82) is 0 Å². The number of nitro benzene ring substituents is 1. The molecule has 8 heteroatoms. The number of carbonyl (C=O) groups is 1. The van der Waals surface area contributed by atoms with Crippen LogP contribution in [0, 0.1) is 21.8 Å². The maximum Gasteiger partial charge on any atom is 0.308 e. The molecule has 0 radical (unpaired) electrons. The molecule has 0 aromatic heterocycles. The van der Waals surface area contributed by atoms with Gasteiger partial charge in [-0.2, -0.15) is 0 Å². The Labute approximate surface area is 123 Å². The molecule has 20 heavy (non-hydrogen) atoms. The smallest absolute Gasteiger partial charge is 0.308 e. The molecule has 1 aromatic carbocycles. The van der Waals surface area contributed by atoms with Crippen molar-refractivity contribution in [3.8, 4) is 0 Å². The van der Waals surface area contributed by atoms with Gasteiger partial charge in [0.1, 0.15) is 11.5 Å². The minimum atomic E-state index is -0.993. The maximum atomic E-state index is 13.4. The second kappa shape index (κ2) is 6.65. The number of aliphatic carboxylic acids is 1. The molecule has 0 aliphatic carbocycles. The summed E-state index contributed by atoms with van der Waals surface area (Å²) in [6.45, 7) is 3.73. The van der Waals surface area contributed by atoms with Crippen LogP contribution < -0.4 is 4.90 Å². The number of carboxylic acid groups (broad SMARTS) is 1. The lowest BCUT2D eigenvalue weighted by Crippen LogP contribution is -2.32. The van der Waals surface area contributed by atoms with Crippen LogP contribution in [0.2, 0.25) is 0 Å². The number of hydrogen-bond acceptors (Lipinski definition) is 4. The number of rotatable bonds is 6.